The van der Waals surface area contributed by atoms with E-state index < -0.39 is 31.1 Å². The minimum atomic E-state index is -4.32. The van der Waals surface area contributed by atoms with Crippen LogP contribution in [0, 0.1) is 6.92 Å². The Bertz CT molecular complexity index is 1560. The molecule has 0 aliphatic carbocycles. The first-order chi connectivity index (χ1) is 16.9. The van der Waals surface area contributed by atoms with Crippen molar-refractivity contribution >= 4 is 25.9 Å². The molecule has 0 aromatic heterocycles. The Morgan fingerprint density at radius 1 is 0.946 bits per heavy atom. The highest BCUT2D eigenvalue weighted by Gasteiger charge is 2.39. The van der Waals surface area contributed by atoms with Crippen LogP contribution in [0.15, 0.2) is 94.4 Å². The molecule has 2 N–H and O–H groups in total. The normalized spacial score (nSPS) is 17.2. The molecule has 0 unspecified atom stereocenters. The number of rotatable bonds is 7. The number of likely N-dealkylation sites (N-methyl/N-ethyl adjacent to an activating group) is 1. The van der Waals surface area contributed by atoms with E-state index >= 15 is 0 Å². The van der Waals surface area contributed by atoms with Crippen LogP contribution in [0.1, 0.15) is 44.4 Å². The number of fused-ring (bicyclic) bond motifs is 1. The summed E-state index contributed by atoms with van der Waals surface area (Å²) in [6.07, 6.45) is 9.38. The van der Waals surface area contributed by atoms with E-state index in [-0.39, 0.29) is 9.79 Å². The average molecular weight is 544 g/mol. The molecule has 0 bridgehead atoms. The van der Waals surface area contributed by atoms with Crippen LogP contribution in [0.2, 0.25) is 0 Å². The molecule has 1 aliphatic rings. The number of nitrogens with zero attached hydrogens (tertiary/aromatic N) is 1. The quantitative estimate of drug-likeness (QED) is 0.338. The zero-order valence-electron chi connectivity index (χ0n) is 21.8. The zero-order valence-corrected chi connectivity index (χ0v) is 23.5. The second kappa shape index (κ2) is 9.72. The lowest BCUT2D eigenvalue weighted by molar-refractivity contribution is 0.480. The standard InChI is InChI=1S/C28H33NO6S2/c1-19-13-14-21(36(30,31)32)17-23(19)27(3,4)20(2)11-9-8-10-12-26-28(5,6)24-18-22(37(33,34)35)15-16-25(24)29(26)7/h8-18H,2H2,1,3-7H3,(H,30,31,32)(H,33,34,35)/b10-8+,11-9+,26-12+. The van der Waals surface area contributed by atoms with Gasteiger partial charge in [-0.3, -0.25) is 9.11 Å². The molecule has 0 amide bonds. The van der Waals surface area contributed by atoms with E-state index in [1.54, 1.807) is 12.1 Å². The molecular formula is C28H33NO6S2. The maximum atomic E-state index is 11.6. The van der Waals surface area contributed by atoms with Crippen LogP contribution >= 0.6 is 0 Å². The van der Waals surface area contributed by atoms with Gasteiger partial charge in [0.1, 0.15) is 0 Å². The second-order valence-electron chi connectivity index (χ2n) is 10.2. The van der Waals surface area contributed by atoms with Crippen molar-refractivity contribution in [3.8, 4) is 0 Å². The SMILES string of the molecule is C=C(/C=C/C=C/C=C1/N(C)c2ccc(S(=O)(=O)O)cc2C1(C)C)C(C)(C)c1cc(S(=O)(=O)O)ccc1C. The number of aryl methyl sites for hydroxylation is 1. The molecule has 2 aromatic rings. The fourth-order valence-corrected chi connectivity index (χ4v) is 5.69. The smallest absolute Gasteiger partial charge is 0.294 e. The van der Waals surface area contributed by atoms with Crippen LogP contribution in [0.3, 0.4) is 0 Å². The van der Waals surface area contributed by atoms with Gasteiger partial charge in [0, 0.05) is 29.3 Å². The van der Waals surface area contributed by atoms with Crippen molar-refractivity contribution in [3.05, 3.63) is 101 Å². The summed E-state index contributed by atoms with van der Waals surface area (Å²) in [6, 6.07) is 9.12. The van der Waals surface area contributed by atoms with Crippen molar-refractivity contribution in [3.63, 3.8) is 0 Å². The van der Waals surface area contributed by atoms with E-state index in [0.717, 1.165) is 33.6 Å². The van der Waals surface area contributed by atoms with Crippen LogP contribution in [0.5, 0.6) is 0 Å². The summed E-state index contributed by atoms with van der Waals surface area (Å²) in [5.41, 5.74) is 3.94. The monoisotopic (exact) mass is 543 g/mol. The van der Waals surface area contributed by atoms with E-state index in [9.17, 15) is 25.9 Å². The molecule has 9 heteroatoms. The summed E-state index contributed by atoms with van der Waals surface area (Å²) in [5.74, 6) is 0. The first-order valence-electron chi connectivity index (χ1n) is 11.6. The first kappa shape index (κ1) is 28.6. The van der Waals surface area contributed by atoms with Gasteiger partial charge >= 0.3 is 0 Å². The molecule has 1 heterocycles. The summed E-state index contributed by atoms with van der Waals surface area (Å²) in [7, 11) is -6.71. The summed E-state index contributed by atoms with van der Waals surface area (Å²) in [4.78, 5) is 1.70. The fraction of sp³-hybridized carbons (Fsp3) is 0.286. The minimum Gasteiger partial charge on any atom is -0.347 e. The lowest BCUT2D eigenvalue weighted by Gasteiger charge is -2.28. The molecule has 0 spiro atoms. The van der Waals surface area contributed by atoms with Crippen molar-refractivity contribution in [1.29, 1.82) is 0 Å². The Hall–Kier alpha value is -2.98. The van der Waals surface area contributed by atoms with Crippen LogP contribution in [0.4, 0.5) is 5.69 Å². The number of hydrogen-bond donors (Lipinski definition) is 2. The topological polar surface area (TPSA) is 112 Å². The van der Waals surface area contributed by atoms with Crippen molar-refractivity contribution in [1.82, 2.24) is 0 Å². The number of allylic oxidation sites excluding steroid dienone is 7. The van der Waals surface area contributed by atoms with Gasteiger partial charge < -0.3 is 4.90 Å². The van der Waals surface area contributed by atoms with Gasteiger partial charge in [-0.25, -0.2) is 0 Å². The van der Waals surface area contributed by atoms with Crippen LogP contribution in [-0.2, 0) is 31.1 Å². The molecule has 1 aliphatic heterocycles. The molecule has 3 rings (SSSR count). The molecular weight excluding hydrogens is 510 g/mol. The highest BCUT2D eigenvalue weighted by atomic mass is 32.2. The minimum absolute atomic E-state index is 0.133. The van der Waals surface area contributed by atoms with Gasteiger partial charge in [-0.2, -0.15) is 16.8 Å². The summed E-state index contributed by atoms with van der Waals surface area (Å²) < 4.78 is 65.3. The van der Waals surface area contributed by atoms with E-state index in [0.29, 0.717) is 0 Å². The van der Waals surface area contributed by atoms with Gasteiger partial charge in [0.25, 0.3) is 20.2 Å². The molecule has 0 saturated carbocycles. The maximum absolute atomic E-state index is 11.6. The van der Waals surface area contributed by atoms with Gasteiger partial charge in [-0.1, -0.05) is 64.6 Å². The number of anilines is 1. The predicted molar refractivity (Wildman–Crippen MR) is 147 cm³/mol. The van der Waals surface area contributed by atoms with Gasteiger partial charge in [-0.15, -0.1) is 0 Å². The molecule has 0 atom stereocenters. The highest BCUT2D eigenvalue weighted by molar-refractivity contribution is 7.86. The molecule has 2 aromatic carbocycles. The molecule has 198 valence electrons. The Kier molecular flexibility index (Phi) is 7.51. The summed E-state index contributed by atoms with van der Waals surface area (Å²) in [6.45, 7) is 13.9. The highest BCUT2D eigenvalue weighted by Crippen LogP contribution is 2.47. The maximum Gasteiger partial charge on any atom is 0.294 e. The lowest BCUT2D eigenvalue weighted by Crippen LogP contribution is -2.22. The second-order valence-corrected chi connectivity index (χ2v) is 13.1. The summed E-state index contributed by atoms with van der Waals surface area (Å²) in [5, 5.41) is 0. The van der Waals surface area contributed by atoms with Crippen molar-refractivity contribution in [2.75, 3.05) is 11.9 Å². The van der Waals surface area contributed by atoms with Gasteiger partial charge in [0.2, 0.25) is 0 Å². The fourth-order valence-electron chi connectivity index (χ4n) is 4.67. The van der Waals surface area contributed by atoms with Gasteiger partial charge in [0.15, 0.2) is 0 Å². The molecule has 37 heavy (non-hydrogen) atoms. The largest absolute Gasteiger partial charge is 0.347 e. The van der Waals surface area contributed by atoms with E-state index in [2.05, 4.69) is 6.58 Å². The van der Waals surface area contributed by atoms with E-state index in [4.69, 9.17) is 0 Å². The van der Waals surface area contributed by atoms with Crippen molar-refractivity contribution in [2.45, 2.75) is 55.2 Å². The number of benzene rings is 2. The third-order valence-corrected chi connectivity index (χ3v) is 8.76. The molecule has 0 fully saturated rings. The zero-order chi connectivity index (χ0) is 28.0. The first-order valence-corrected chi connectivity index (χ1v) is 14.5. The Morgan fingerprint density at radius 2 is 1.51 bits per heavy atom. The van der Waals surface area contributed by atoms with E-state index in [1.165, 1.54) is 24.3 Å². The van der Waals surface area contributed by atoms with E-state index in [1.807, 2.05) is 76.9 Å². The Labute approximate surface area is 220 Å². The van der Waals surface area contributed by atoms with Gasteiger partial charge in [0.05, 0.1) is 9.79 Å². The molecule has 0 saturated heterocycles. The summed E-state index contributed by atoms with van der Waals surface area (Å²) >= 11 is 0. The lowest BCUT2D eigenvalue weighted by atomic mass is 9.76. The Balaban J connectivity index is 1.83. The van der Waals surface area contributed by atoms with Crippen molar-refractivity contribution < 1.29 is 25.9 Å². The van der Waals surface area contributed by atoms with Gasteiger partial charge in [-0.05, 0) is 65.6 Å². The molecule has 7 nitrogen and oxygen atoms in total. The predicted octanol–water partition coefficient (Wildman–Crippen LogP) is 5.75. The average Bonchev–Trinajstić information content (AvgIpc) is 2.97. The number of hydrogen-bond acceptors (Lipinski definition) is 5. The Morgan fingerprint density at radius 3 is 2.11 bits per heavy atom. The van der Waals surface area contributed by atoms with Crippen molar-refractivity contribution in [2.24, 2.45) is 0 Å². The van der Waals surface area contributed by atoms with Crippen LogP contribution < -0.4 is 4.90 Å². The van der Waals surface area contributed by atoms with Crippen LogP contribution in [-0.4, -0.2) is 33.0 Å². The van der Waals surface area contributed by atoms with Crippen LogP contribution in [0.25, 0.3) is 0 Å². The molecule has 0 radical (unpaired) electrons. The third-order valence-electron chi connectivity index (χ3n) is 7.06. The third kappa shape index (κ3) is 5.65.